The van der Waals surface area contributed by atoms with E-state index in [2.05, 4.69) is 17.4 Å². The summed E-state index contributed by atoms with van der Waals surface area (Å²) >= 11 is 0. The minimum Gasteiger partial charge on any atom is -0.392 e. The van der Waals surface area contributed by atoms with E-state index in [0.717, 1.165) is 31.0 Å². The molecule has 0 aliphatic carbocycles. The summed E-state index contributed by atoms with van der Waals surface area (Å²) in [6.45, 7) is 2.45. The molecule has 2 rings (SSSR count). The van der Waals surface area contributed by atoms with E-state index >= 15 is 0 Å². The molecule has 0 spiro atoms. The van der Waals surface area contributed by atoms with Gasteiger partial charge in [0.25, 0.3) is 0 Å². The molecule has 1 heterocycles. The average Bonchev–Trinajstić information content (AvgIpc) is 2.31. The third-order valence-electron chi connectivity index (χ3n) is 3.20. The van der Waals surface area contributed by atoms with Crippen LogP contribution in [0, 0.1) is 5.92 Å². The summed E-state index contributed by atoms with van der Waals surface area (Å²) in [5.74, 6) is 0.742. The summed E-state index contributed by atoms with van der Waals surface area (Å²) in [5, 5.41) is 12.7. The quantitative estimate of drug-likeness (QED) is 0.787. The molecule has 1 aromatic carbocycles. The van der Waals surface area contributed by atoms with E-state index in [0.29, 0.717) is 0 Å². The Balaban J connectivity index is 2.02. The maximum absolute atomic E-state index is 9.23. The maximum atomic E-state index is 9.23. The highest BCUT2D eigenvalue weighted by Crippen LogP contribution is 2.19. The minimum atomic E-state index is 0.163. The summed E-state index contributed by atoms with van der Waals surface area (Å²) in [7, 11) is 0. The molecule has 0 amide bonds. The minimum absolute atomic E-state index is 0.163. The van der Waals surface area contributed by atoms with Crippen LogP contribution in [0.1, 0.15) is 24.0 Å². The molecule has 0 bridgehead atoms. The molecule has 0 radical (unpaired) electrons. The summed E-state index contributed by atoms with van der Waals surface area (Å²) in [4.78, 5) is 0. The Morgan fingerprint density at radius 1 is 1.27 bits per heavy atom. The van der Waals surface area contributed by atoms with Crippen LogP contribution in [0.2, 0.25) is 0 Å². The molecular formula is C13H19NO. The van der Waals surface area contributed by atoms with Gasteiger partial charge in [-0.2, -0.15) is 0 Å². The Kier molecular flexibility index (Phi) is 3.75. The molecule has 15 heavy (non-hydrogen) atoms. The van der Waals surface area contributed by atoms with Gasteiger partial charge in [-0.3, -0.25) is 0 Å². The Morgan fingerprint density at radius 3 is 2.73 bits per heavy atom. The number of aliphatic hydroxyl groups is 1. The molecule has 1 unspecified atom stereocenters. The lowest BCUT2D eigenvalue weighted by Gasteiger charge is -2.23. The molecule has 0 aromatic heterocycles. The second-order valence-electron chi connectivity index (χ2n) is 4.34. The summed E-state index contributed by atoms with van der Waals surface area (Å²) in [6.07, 6.45) is 3.70. The van der Waals surface area contributed by atoms with Gasteiger partial charge in [-0.05, 0) is 49.4 Å². The lowest BCUT2D eigenvalue weighted by Crippen LogP contribution is -2.31. The van der Waals surface area contributed by atoms with Gasteiger partial charge in [0.15, 0.2) is 0 Å². The van der Waals surface area contributed by atoms with Gasteiger partial charge in [0, 0.05) is 0 Å². The third-order valence-corrected chi connectivity index (χ3v) is 3.20. The number of aliphatic hydroxyl groups excluding tert-OH is 1. The van der Waals surface area contributed by atoms with Crippen LogP contribution in [0.15, 0.2) is 24.3 Å². The van der Waals surface area contributed by atoms with Crippen molar-refractivity contribution >= 4 is 0 Å². The summed E-state index contributed by atoms with van der Waals surface area (Å²) in [6, 6.07) is 8.21. The first-order valence-electron chi connectivity index (χ1n) is 5.78. The lowest BCUT2D eigenvalue weighted by atomic mass is 9.90. The van der Waals surface area contributed by atoms with Crippen molar-refractivity contribution in [2.24, 2.45) is 5.92 Å². The predicted molar refractivity (Wildman–Crippen MR) is 61.7 cm³/mol. The predicted octanol–water partition coefficient (Wildman–Crippen LogP) is 1.72. The van der Waals surface area contributed by atoms with E-state index in [4.69, 9.17) is 0 Å². The molecule has 0 saturated carbocycles. The second-order valence-corrected chi connectivity index (χ2v) is 4.34. The van der Waals surface area contributed by atoms with Crippen LogP contribution in [0.3, 0.4) is 0 Å². The van der Waals surface area contributed by atoms with Gasteiger partial charge in [0.1, 0.15) is 0 Å². The van der Waals surface area contributed by atoms with Crippen molar-refractivity contribution in [2.75, 3.05) is 13.1 Å². The van der Waals surface area contributed by atoms with Gasteiger partial charge in [-0.1, -0.05) is 24.3 Å². The van der Waals surface area contributed by atoms with Crippen LogP contribution < -0.4 is 5.32 Å². The number of piperidine rings is 1. The molecule has 1 aliphatic rings. The zero-order valence-electron chi connectivity index (χ0n) is 9.08. The van der Waals surface area contributed by atoms with Gasteiger partial charge >= 0.3 is 0 Å². The molecule has 1 fully saturated rings. The third kappa shape index (κ3) is 2.80. The first-order valence-corrected chi connectivity index (χ1v) is 5.78. The van der Waals surface area contributed by atoms with Gasteiger partial charge < -0.3 is 10.4 Å². The number of hydrogen-bond acceptors (Lipinski definition) is 2. The van der Waals surface area contributed by atoms with Crippen molar-refractivity contribution in [2.45, 2.75) is 25.9 Å². The van der Waals surface area contributed by atoms with Crippen molar-refractivity contribution < 1.29 is 5.11 Å². The van der Waals surface area contributed by atoms with Gasteiger partial charge in [-0.25, -0.2) is 0 Å². The molecule has 1 atom stereocenters. The van der Waals surface area contributed by atoms with Gasteiger partial charge in [0.2, 0.25) is 0 Å². The van der Waals surface area contributed by atoms with Gasteiger partial charge in [-0.15, -0.1) is 0 Å². The number of hydrogen-bond donors (Lipinski definition) is 2. The Hall–Kier alpha value is -0.860. The SMILES string of the molecule is OCc1ccccc1CC1CCCNC1. The summed E-state index contributed by atoms with van der Waals surface area (Å²) < 4.78 is 0. The Bertz CT molecular complexity index is 305. The Morgan fingerprint density at radius 2 is 2.07 bits per heavy atom. The highest BCUT2D eigenvalue weighted by Gasteiger charge is 2.14. The molecular weight excluding hydrogens is 186 g/mol. The van der Waals surface area contributed by atoms with Crippen molar-refractivity contribution in [3.8, 4) is 0 Å². The lowest BCUT2D eigenvalue weighted by molar-refractivity contribution is 0.279. The number of rotatable bonds is 3. The van der Waals surface area contributed by atoms with E-state index in [1.165, 1.54) is 18.4 Å². The van der Waals surface area contributed by atoms with Crippen LogP contribution >= 0.6 is 0 Å². The van der Waals surface area contributed by atoms with Crippen LogP contribution in [-0.4, -0.2) is 18.2 Å². The van der Waals surface area contributed by atoms with E-state index in [1.807, 2.05) is 12.1 Å². The van der Waals surface area contributed by atoms with E-state index in [-0.39, 0.29) is 6.61 Å². The standard InChI is InChI=1S/C13H19NO/c15-10-13-6-2-1-5-12(13)8-11-4-3-7-14-9-11/h1-2,5-6,11,14-15H,3-4,7-10H2. The number of benzene rings is 1. The maximum Gasteiger partial charge on any atom is 0.0684 e. The van der Waals surface area contributed by atoms with Gasteiger partial charge in [0.05, 0.1) is 6.61 Å². The smallest absolute Gasteiger partial charge is 0.0684 e. The molecule has 2 heteroatoms. The van der Waals surface area contributed by atoms with Crippen LogP contribution in [-0.2, 0) is 13.0 Å². The van der Waals surface area contributed by atoms with Crippen LogP contribution in [0.5, 0.6) is 0 Å². The Labute approximate surface area is 91.3 Å². The fraction of sp³-hybridized carbons (Fsp3) is 0.538. The molecule has 2 nitrogen and oxygen atoms in total. The van der Waals surface area contributed by atoms with Crippen LogP contribution in [0.25, 0.3) is 0 Å². The first-order chi connectivity index (χ1) is 7.40. The van der Waals surface area contributed by atoms with E-state index in [1.54, 1.807) is 0 Å². The fourth-order valence-corrected chi connectivity index (χ4v) is 2.32. The molecule has 82 valence electrons. The van der Waals surface area contributed by atoms with Crippen molar-refractivity contribution in [1.82, 2.24) is 5.32 Å². The van der Waals surface area contributed by atoms with Crippen molar-refractivity contribution in [3.05, 3.63) is 35.4 Å². The number of nitrogens with one attached hydrogen (secondary N) is 1. The van der Waals surface area contributed by atoms with E-state index < -0.39 is 0 Å². The molecule has 1 saturated heterocycles. The molecule has 2 N–H and O–H groups in total. The fourth-order valence-electron chi connectivity index (χ4n) is 2.32. The van der Waals surface area contributed by atoms with Crippen molar-refractivity contribution in [3.63, 3.8) is 0 Å². The first kappa shape index (κ1) is 10.7. The largest absolute Gasteiger partial charge is 0.392 e. The van der Waals surface area contributed by atoms with E-state index in [9.17, 15) is 5.11 Å². The van der Waals surface area contributed by atoms with Crippen LogP contribution in [0.4, 0.5) is 0 Å². The zero-order valence-corrected chi connectivity index (χ0v) is 9.08. The average molecular weight is 205 g/mol. The highest BCUT2D eigenvalue weighted by molar-refractivity contribution is 5.26. The highest BCUT2D eigenvalue weighted by atomic mass is 16.3. The second kappa shape index (κ2) is 5.29. The van der Waals surface area contributed by atoms with Crippen molar-refractivity contribution in [1.29, 1.82) is 0 Å². The monoisotopic (exact) mass is 205 g/mol. The molecule has 1 aliphatic heterocycles. The topological polar surface area (TPSA) is 32.3 Å². The normalized spacial score (nSPS) is 21.5. The zero-order chi connectivity index (χ0) is 10.5. The summed E-state index contributed by atoms with van der Waals surface area (Å²) in [5.41, 5.74) is 2.40. The molecule has 1 aromatic rings.